The van der Waals surface area contributed by atoms with Crippen LogP contribution in [0.2, 0.25) is 0 Å². The third-order valence-corrected chi connectivity index (χ3v) is 5.43. The Morgan fingerprint density at radius 3 is 2.44 bits per heavy atom. The Labute approximate surface area is 158 Å². The molecule has 0 unspecified atom stereocenters. The second-order valence-electron chi connectivity index (χ2n) is 7.30. The second kappa shape index (κ2) is 7.06. The molecular formula is C22H24FN3O. The highest BCUT2D eigenvalue weighted by atomic mass is 19.1. The highest BCUT2D eigenvalue weighted by molar-refractivity contribution is 5.90. The minimum atomic E-state index is -0.225. The van der Waals surface area contributed by atoms with Gasteiger partial charge >= 0.3 is 0 Å². The van der Waals surface area contributed by atoms with Crippen LogP contribution in [0, 0.1) is 19.7 Å². The number of fused-ring (bicyclic) bond motifs is 1. The molecule has 2 aromatic carbocycles. The van der Waals surface area contributed by atoms with Crippen molar-refractivity contribution >= 4 is 22.5 Å². The number of carbonyl (C=O) groups is 1. The Balaban J connectivity index is 1.44. The van der Waals surface area contributed by atoms with Gasteiger partial charge in [0.2, 0.25) is 5.91 Å². The summed E-state index contributed by atoms with van der Waals surface area (Å²) in [5.41, 5.74) is 5.45. The van der Waals surface area contributed by atoms with Gasteiger partial charge in [0, 0.05) is 48.5 Å². The Morgan fingerprint density at radius 1 is 1.04 bits per heavy atom. The number of amides is 1. The van der Waals surface area contributed by atoms with Crippen LogP contribution in [0.25, 0.3) is 10.9 Å². The van der Waals surface area contributed by atoms with Gasteiger partial charge in [-0.1, -0.05) is 11.6 Å². The molecule has 0 radical (unpaired) electrons. The summed E-state index contributed by atoms with van der Waals surface area (Å²) in [4.78, 5) is 20.4. The fraction of sp³-hybridized carbons (Fsp3) is 0.318. The number of carbonyl (C=O) groups excluding carboxylic acids is 1. The molecule has 5 heteroatoms. The van der Waals surface area contributed by atoms with Crippen molar-refractivity contribution in [2.75, 3.05) is 31.1 Å². The number of nitrogens with zero attached hydrogens (tertiary/aromatic N) is 2. The summed E-state index contributed by atoms with van der Waals surface area (Å²) in [5.74, 6) is -0.0591. The summed E-state index contributed by atoms with van der Waals surface area (Å²) in [6, 6.07) is 12.9. The molecule has 1 N–H and O–H groups in total. The van der Waals surface area contributed by atoms with E-state index >= 15 is 0 Å². The van der Waals surface area contributed by atoms with Gasteiger partial charge in [-0.2, -0.15) is 0 Å². The molecule has 0 spiro atoms. The summed E-state index contributed by atoms with van der Waals surface area (Å²) in [7, 11) is 0. The number of H-pyrrole nitrogens is 1. The summed E-state index contributed by atoms with van der Waals surface area (Å²) in [5, 5.41) is 1.14. The normalized spacial score (nSPS) is 14.8. The van der Waals surface area contributed by atoms with Gasteiger partial charge in [-0.3, -0.25) is 4.79 Å². The smallest absolute Gasteiger partial charge is 0.227 e. The van der Waals surface area contributed by atoms with Gasteiger partial charge in [-0.25, -0.2) is 4.39 Å². The minimum absolute atomic E-state index is 0.166. The number of aryl methyl sites for hydroxylation is 2. The molecule has 1 saturated heterocycles. The van der Waals surface area contributed by atoms with E-state index in [1.165, 1.54) is 17.7 Å². The Kier molecular flexibility index (Phi) is 4.60. The van der Waals surface area contributed by atoms with E-state index in [1.807, 2.05) is 11.8 Å². The molecule has 0 aliphatic carbocycles. The zero-order valence-electron chi connectivity index (χ0n) is 15.8. The van der Waals surface area contributed by atoms with Gasteiger partial charge in [0.1, 0.15) is 5.82 Å². The fourth-order valence-corrected chi connectivity index (χ4v) is 3.85. The van der Waals surface area contributed by atoms with Crippen LogP contribution in [0.4, 0.5) is 10.1 Å². The predicted octanol–water partition coefficient (Wildman–Crippen LogP) is 3.82. The summed E-state index contributed by atoms with van der Waals surface area (Å²) < 4.78 is 13.1. The van der Waals surface area contributed by atoms with Crippen molar-refractivity contribution in [3.05, 3.63) is 65.1 Å². The number of benzene rings is 2. The monoisotopic (exact) mass is 365 g/mol. The van der Waals surface area contributed by atoms with E-state index in [0.29, 0.717) is 19.5 Å². The average Bonchev–Trinajstić information content (AvgIpc) is 2.97. The maximum atomic E-state index is 13.1. The maximum Gasteiger partial charge on any atom is 0.227 e. The number of hydrogen-bond acceptors (Lipinski definition) is 2. The first-order valence-electron chi connectivity index (χ1n) is 9.37. The van der Waals surface area contributed by atoms with Crippen molar-refractivity contribution < 1.29 is 9.18 Å². The topological polar surface area (TPSA) is 39.3 Å². The molecule has 1 amide bonds. The lowest BCUT2D eigenvalue weighted by Crippen LogP contribution is -2.49. The van der Waals surface area contributed by atoms with Crippen LogP contribution in [0.5, 0.6) is 0 Å². The highest BCUT2D eigenvalue weighted by Gasteiger charge is 2.23. The van der Waals surface area contributed by atoms with Crippen LogP contribution in [0.15, 0.2) is 42.5 Å². The lowest BCUT2D eigenvalue weighted by atomic mass is 10.0. The Bertz CT molecular complexity index is 969. The van der Waals surface area contributed by atoms with Crippen molar-refractivity contribution in [3.63, 3.8) is 0 Å². The Morgan fingerprint density at radius 2 is 1.74 bits per heavy atom. The van der Waals surface area contributed by atoms with E-state index in [9.17, 15) is 9.18 Å². The van der Waals surface area contributed by atoms with E-state index in [1.54, 1.807) is 12.1 Å². The Hall–Kier alpha value is -2.82. The first kappa shape index (κ1) is 17.6. The number of rotatable bonds is 3. The highest BCUT2D eigenvalue weighted by Crippen LogP contribution is 2.25. The molecule has 0 atom stereocenters. The summed E-state index contributed by atoms with van der Waals surface area (Å²) in [6.07, 6.45) is 0.422. The SMILES string of the molecule is Cc1ccc2[nH]c(C)c(CC(=O)N3CCN(c4ccc(F)cc4)CC3)c2c1. The van der Waals surface area contributed by atoms with E-state index in [2.05, 4.69) is 35.0 Å². The van der Waals surface area contributed by atoms with Crippen molar-refractivity contribution in [3.8, 4) is 0 Å². The number of halogens is 1. The molecule has 4 rings (SSSR count). The molecule has 140 valence electrons. The number of anilines is 1. The van der Waals surface area contributed by atoms with Gasteiger partial charge in [-0.05, 0) is 55.8 Å². The first-order chi connectivity index (χ1) is 13.0. The van der Waals surface area contributed by atoms with Crippen LogP contribution in [-0.4, -0.2) is 42.0 Å². The van der Waals surface area contributed by atoms with Crippen LogP contribution in [0.1, 0.15) is 16.8 Å². The van der Waals surface area contributed by atoms with E-state index in [4.69, 9.17) is 0 Å². The van der Waals surface area contributed by atoms with Gasteiger partial charge < -0.3 is 14.8 Å². The zero-order valence-corrected chi connectivity index (χ0v) is 15.8. The lowest BCUT2D eigenvalue weighted by Gasteiger charge is -2.36. The van der Waals surface area contributed by atoms with Crippen molar-refractivity contribution in [2.24, 2.45) is 0 Å². The quantitative estimate of drug-likeness (QED) is 0.767. The number of piperazine rings is 1. The zero-order chi connectivity index (χ0) is 19.0. The summed E-state index contributed by atoms with van der Waals surface area (Å²) in [6.45, 7) is 7.02. The van der Waals surface area contributed by atoms with Crippen LogP contribution in [0.3, 0.4) is 0 Å². The molecule has 4 nitrogen and oxygen atoms in total. The van der Waals surface area contributed by atoms with E-state index in [-0.39, 0.29) is 11.7 Å². The predicted molar refractivity (Wildman–Crippen MR) is 107 cm³/mol. The third kappa shape index (κ3) is 3.54. The first-order valence-corrected chi connectivity index (χ1v) is 9.37. The number of hydrogen-bond donors (Lipinski definition) is 1. The molecule has 1 aromatic heterocycles. The van der Waals surface area contributed by atoms with Gasteiger partial charge in [-0.15, -0.1) is 0 Å². The van der Waals surface area contributed by atoms with E-state index < -0.39 is 0 Å². The van der Waals surface area contributed by atoms with Crippen LogP contribution >= 0.6 is 0 Å². The minimum Gasteiger partial charge on any atom is -0.368 e. The molecule has 0 bridgehead atoms. The largest absolute Gasteiger partial charge is 0.368 e. The van der Waals surface area contributed by atoms with Crippen molar-refractivity contribution in [2.45, 2.75) is 20.3 Å². The van der Waals surface area contributed by atoms with Crippen molar-refractivity contribution in [1.29, 1.82) is 0 Å². The summed E-state index contributed by atoms with van der Waals surface area (Å²) >= 11 is 0. The van der Waals surface area contributed by atoms with Gasteiger partial charge in [0.25, 0.3) is 0 Å². The molecule has 27 heavy (non-hydrogen) atoms. The number of aromatic amines is 1. The molecule has 3 aromatic rings. The van der Waals surface area contributed by atoms with Gasteiger partial charge in [0.15, 0.2) is 0 Å². The maximum absolute atomic E-state index is 13.1. The van der Waals surface area contributed by atoms with Crippen LogP contribution in [-0.2, 0) is 11.2 Å². The average molecular weight is 365 g/mol. The van der Waals surface area contributed by atoms with E-state index in [0.717, 1.165) is 40.9 Å². The van der Waals surface area contributed by atoms with Gasteiger partial charge in [0.05, 0.1) is 6.42 Å². The molecule has 0 saturated carbocycles. The fourth-order valence-electron chi connectivity index (χ4n) is 3.85. The third-order valence-electron chi connectivity index (χ3n) is 5.43. The van der Waals surface area contributed by atoms with Crippen LogP contribution < -0.4 is 4.90 Å². The standard InChI is InChI=1S/C22H24FN3O/c1-15-3-8-21-20(13-15)19(16(2)24-21)14-22(27)26-11-9-25(10-12-26)18-6-4-17(23)5-7-18/h3-8,13,24H,9-12,14H2,1-2H3. The lowest BCUT2D eigenvalue weighted by molar-refractivity contribution is -0.130. The number of aromatic nitrogens is 1. The molecule has 1 aliphatic rings. The molecule has 2 heterocycles. The molecule has 1 fully saturated rings. The molecular weight excluding hydrogens is 341 g/mol. The molecule has 1 aliphatic heterocycles. The second-order valence-corrected chi connectivity index (χ2v) is 7.30. The number of nitrogens with one attached hydrogen (secondary N) is 1. The van der Waals surface area contributed by atoms with Crippen molar-refractivity contribution in [1.82, 2.24) is 9.88 Å².